The van der Waals surface area contributed by atoms with Crippen molar-refractivity contribution in [1.29, 1.82) is 0 Å². The summed E-state index contributed by atoms with van der Waals surface area (Å²) in [7, 11) is 0. The van der Waals surface area contributed by atoms with Gasteiger partial charge in [0, 0.05) is 0 Å². The van der Waals surface area contributed by atoms with Crippen LogP contribution in [0.1, 0.15) is 0 Å². The predicted molar refractivity (Wildman–Crippen MR) is 36.0 cm³/mol. The molecule has 9 heteroatoms. The van der Waals surface area contributed by atoms with Gasteiger partial charge in [0.25, 0.3) is 11.8 Å². The highest BCUT2D eigenvalue weighted by molar-refractivity contribution is 4.96. The standard InChI is InChI=1S/C5H11NO8/c7-1-2(8)4(10,11)6(14)5(12,13)3(1)9/h1-3,7-14H. The Kier molecular flexibility index (Phi) is 2.56. The fourth-order valence-corrected chi connectivity index (χ4v) is 1.12. The molecule has 9 nitrogen and oxygen atoms in total. The Morgan fingerprint density at radius 3 is 1.36 bits per heavy atom. The zero-order chi connectivity index (χ0) is 11.3. The molecule has 14 heavy (non-hydrogen) atoms. The molecule has 1 aliphatic heterocycles. The van der Waals surface area contributed by atoms with Crippen molar-refractivity contribution >= 4 is 0 Å². The molecule has 0 aromatic carbocycles. The van der Waals surface area contributed by atoms with Crippen LogP contribution >= 0.6 is 0 Å². The van der Waals surface area contributed by atoms with E-state index in [0.29, 0.717) is 0 Å². The van der Waals surface area contributed by atoms with Crippen molar-refractivity contribution in [3.05, 3.63) is 0 Å². The monoisotopic (exact) mass is 213 g/mol. The van der Waals surface area contributed by atoms with Crippen molar-refractivity contribution in [1.82, 2.24) is 5.06 Å². The molecule has 0 amide bonds. The molecule has 0 aromatic heterocycles. The zero-order valence-electron chi connectivity index (χ0n) is 6.76. The molecular weight excluding hydrogens is 202 g/mol. The summed E-state index contributed by atoms with van der Waals surface area (Å²) in [5.74, 6) is -6.97. The van der Waals surface area contributed by atoms with E-state index in [4.69, 9.17) is 41.0 Å². The first kappa shape index (κ1) is 11.7. The normalized spacial score (nSPS) is 42.4. The molecule has 0 spiro atoms. The Labute approximate surface area is 77.3 Å². The number of aliphatic hydroxyl groups is 7. The molecule has 0 radical (unpaired) electrons. The molecule has 1 aliphatic rings. The molecule has 1 heterocycles. The molecule has 1 saturated heterocycles. The number of aliphatic hydroxyl groups excluding tert-OH is 3. The van der Waals surface area contributed by atoms with Crippen molar-refractivity contribution in [3.63, 3.8) is 0 Å². The molecule has 2 unspecified atom stereocenters. The van der Waals surface area contributed by atoms with E-state index >= 15 is 0 Å². The van der Waals surface area contributed by atoms with Gasteiger partial charge in [-0.1, -0.05) is 5.06 Å². The lowest BCUT2D eigenvalue weighted by atomic mass is 9.96. The van der Waals surface area contributed by atoms with Crippen LogP contribution < -0.4 is 0 Å². The van der Waals surface area contributed by atoms with Crippen LogP contribution in [-0.2, 0) is 0 Å². The first-order valence-electron chi connectivity index (χ1n) is 3.56. The topological polar surface area (TPSA) is 165 Å². The maximum absolute atomic E-state index is 8.96. The summed E-state index contributed by atoms with van der Waals surface area (Å²) in [5.41, 5.74) is 0. The van der Waals surface area contributed by atoms with Gasteiger partial charge in [-0.3, -0.25) is 0 Å². The van der Waals surface area contributed by atoms with Crippen LogP contribution in [0.3, 0.4) is 0 Å². The van der Waals surface area contributed by atoms with Gasteiger partial charge in [-0.05, 0) is 0 Å². The van der Waals surface area contributed by atoms with E-state index in [1.807, 2.05) is 0 Å². The van der Waals surface area contributed by atoms with Crippen molar-refractivity contribution in [2.45, 2.75) is 30.1 Å². The number of piperidine rings is 1. The Morgan fingerprint density at radius 1 is 0.786 bits per heavy atom. The smallest absolute Gasteiger partial charge is 0.281 e. The minimum absolute atomic E-state index is 0.873. The van der Waals surface area contributed by atoms with Gasteiger partial charge in [-0.25, -0.2) is 0 Å². The number of nitrogens with zero attached hydrogens (tertiary/aromatic N) is 1. The maximum Gasteiger partial charge on any atom is 0.281 e. The first-order chi connectivity index (χ1) is 6.13. The first-order valence-corrected chi connectivity index (χ1v) is 3.56. The second-order valence-corrected chi connectivity index (χ2v) is 3.07. The lowest BCUT2D eigenvalue weighted by molar-refractivity contribution is -0.534. The van der Waals surface area contributed by atoms with Crippen molar-refractivity contribution in [3.8, 4) is 0 Å². The van der Waals surface area contributed by atoms with E-state index in [9.17, 15) is 0 Å². The maximum atomic E-state index is 8.96. The average molecular weight is 213 g/mol. The molecule has 0 saturated carbocycles. The third-order valence-electron chi connectivity index (χ3n) is 2.06. The van der Waals surface area contributed by atoms with Crippen LogP contribution in [0.2, 0.25) is 0 Å². The van der Waals surface area contributed by atoms with E-state index in [1.165, 1.54) is 0 Å². The number of hydroxylamine groups is 2. The van der Waals surface area contributed by atoms with Gasteiger partial charge in [0.2, 0.25) is 0 Å². The van der Waals surface area contributed by atoms with Gasteiger partial charge in [-0.2, -0.15) is 0 Å². The molecule has 0 aromatic rings. The van der Waals surface area contributed by atoms with E-state index in [2.05, 4.69) is 0 Å². The van der Waals surface area contributed by atoms with Crippen LogP contribution in [0.15, 0.2) is 0 Å². The van der Waals surface area contributed by atoms with E-state index in [-0.39, 0.29) is 0 Å². The minimum atomic E-state index is -3.48. The van der Waals surface area contributed by atoms with Crippen LogP contribution in [0, 0.1) is 0 Å². The molecule has 8 N–H and O–H groups in total. The summed E-state index contributed by atoms with van der Waals surface area (Å²) in [6.07, 6.45) is -7.03. The Bertz CT molecular complexity index is 208. The summed E-state index contributed by atoms with van der Waals surface area (Å²) in [5, 5.41) is 70.5. The summed E-state index contributed by atoms with van der Waals surface area (Å²) in [6, 6.07) is 0. The second kappa shape index (κ2) is 3.06. The molecular formula is C5H11NO8. The van der Waals surface area contributed by atoms with Gasteiger partial charge in [0.05, 0.1) is 0 Å². The number of hydrogen-bond acceptors (Lipinski definition) is 9. The van der Waals surface area contributed by atoms with Gasteiger partial charge in [0.15, 0.2) is 12.2 Å². The second-order valence-electron chi connectivity index (χ2n) is 3.07. The highest BCUT2D eigenvalue weighted by atomic mass is 16.7. The summed E-state index contributed by atoms with van der Waals surface area (Å²) >= 11 is 0. The number of hydrogen-bond donors (Lipinski definition) is 8. The lowest BCUT2D eigenvalue weighted by Gasteiger charge is -2.49. The highest BCUT2D eigenvalue weighted by Gasteiger charge is 2.63. The van der Waals surface area contributed by atoms with Gasteiger partial charge < -0.3 is 41.0 Å². The van der Waals surface area contributed by atoms with E-state index in [0.717, 1.165) is 0 Å². The highest BCUT2D eigenvalue weighted by Crippen LogP contribution is 2.31. The molecule has 1 fully saturated rings. The zero-order valence-corrected chi connectivity index (χ0v) is 6.76. The Hall–Kier alpha value is -0.360. The van der Waals surface area contributed by atoms with Crippen molar-refractivity contribution in [2.24, 2.45) is 0 Å². The fourth-order valence-electron chi connectivity index (χ4n) is 1.12. The fraction of sp³-hybridized carbons (Fsp3) is 1.00. The molecule has 1 rings (SSSR count). The Balaban J connectivity index is 3.09. The molecule has 0 bridgehead atoms. The lowest BCUT2D eigenvalue weighted by Crippen LogP contribution is -2.78. The van der Waals surface area contributed by atoms with E-state index in [1.54, 1.807) is 0 Å². The van der Waals surface area contributed by atoms with Crippen LogP contribution in [0.4, 0.5) is 0 Å². The van der Waals surface area contributed by atoms with Crippen molar-refractivity contribution in [2.75, 3.05) is 0 Å². The third kappa shape index (κ3) is 1.32. The summed E-state index contributed by atoms with van der Waals surface area (Å²) in [4.78, 5) is 0. The molecule has 2 atom stereocenters. The van der Waals surface area contributed by atoms with Crippen LogP contribution in [-0.4, -0.2) is 76.2 Å². The minimum Gasteiger partial charge on any atom is -0.387 e. The van der Waals surface area contributed by atoms with E-state index < -0.39 is 35.2 Å². The average Bonchev–Trinajstić information content (AvgIpc) is 2.11. The van der Waals surface area contributed by atoms with Crippen molar-refractivity contribution < 1.29 is 41.0 Å². The predicted octanol–water partition coefficient (Wildman–Crippen LogP) is -4.95. The van der Waals surface area contributed by atoms with Gasteiger partial charge in [0.1, 0.15) is 6.10 Å². The molecule has 0 aliphatic carbocycles. The Morgan fingerprint density at radius 2 is 1.07 bits per heavy atom. The summed E-state index contributed by atoms with van der Waals surface area (Å²) < 4.78 is 0. The quantitative estimate of drug-likeness (QED) is 0.184. The summed E-state index contributed by atoms with van der Waals surface area (Å²) in [6.45, 7) is 0. The van der Waals surface area contributed by atoms with Crippen LogP contribution in [0.5, 0.6) is 0 Å². The third-order valence-corrected chi connectivity index (χ3v) is 2.06. The SMILES string of the molecule is OC1C(O)C(O)(O)N(O)C(O)(O)C1O. The van der Waals surface area contributed by atoms with Gasteiger partial charge >= 0.3 is 0 Å². The van der Waals surface area contributed by atoms with Crippen LogP contribution in [0.25, 0.3) is 0 Å². The molecule has 84 valence electrons. The van der Waals surface area contributed by atoms with Gasteiger partial charge in [-0.15, -0.1) is 0 Å². The largest absolute Gasteiger partial charge is 0.387 e. The number of rotatable bonds is 0.